The van der Waals surface area contributed by atoms with E-state index in [0.29, 0.717) is 5.56 Å². The SMILES string of the molecule is C=[C]c1cc(C#N)ccc1F. The molecule has 0 bridgehead atoms. The quantitative estimate of drug-likeness (QED) is 0.594. The van der Waals surface area contributed by atoms with Crippen molar-refractivity contribution in [1.29, 1.82) is 5.26 Å². The number of halogens is 1. The van der Waals surface area contributed by atoms with Gasteiger partial charge in [-0.3, -0.25) is 0 Å². The van der Waals surface area contributed by atoms with Crippen molar-refractivity contribution in [3.8, 4) is 6.07 Å². The molecular formula is C9H5FN. The van der Waals surface area contributed by atoms with Gasteiger partial charge >= 0.3 is 0 Å². The summed E-state index contributed by atoms with van der Waals surface area (Å²) in [5, 5.41) is 8.43. The van der Waals surface area contributed by atoms with Crippen LogP contribution in [0.1, 0.15) is 11.1 Å². The molecule has 0 heterocycles. The number of nitrogens with zero attached hydrogens (tertiary/aromatic N) is 1. The third-order valence-corrected chi connectivity index (χ3v) is 1.29. The van der Waals surface area contributed by atoms with Crippen LogP contribution in [0.3, 0.4) is 0 Å². The van der Waals surface area contributed by atoms with Crippen molar-refractivity contribution in [1.82, 2.24) is 0 Å². The monoisotopic (exact) mass is 146 g/mol. The molecular weight excluding hydrogens is 141 g/mol. The largest absolute Gasteiger partial charge is 0.206 e. The Morgan fingerprint density at radius 2 is 2.18 bits per heavy atom. The van der Waals surface area contributed by atoms with Gasteiger partial charge in [-0.2, -0.15) is 5.26 Å². The molecule has 0 atom stereocenters. The molecule has 0 aliphatic heterocycles. The molecule has 1 nitrogen and oxygen atoms in total. The smallest absolute Gasteiger partial charge is 0.131 e. The first-order valence-corrected chi connectivity index (χ1v) is 3.00. The van der Waals surface area contributed by atoms with Crippen LogP contribution in [0.4, 0.5) is 4.39 Å². The molecule has 1 radical (unpaired) electrons. The van der Waals surface area contributed by atoms with Crippen LogP contribution in [0.15, 0.2) is 24.8 Å². The van der Waals surface area contributed by atoms with Crippen molar-refractivity contribution < 1.29 is 4.39 Å². The Kier molecular flexibility index (Phi) is 2.03. The zero-order valence-electron chi connectivity index (χ0n) is 5.76. The van der Waals surface area contributed by atoms with E-state index in [-0.39, 0.29) is 5.56 Å². The van der Waals surface area contributed by atoms with Crippen molar-refractivity contribution >= 4 is 0 Å². The molecule has 0 amide bonds. The molecule has 0 unspecified atom stereocenters. The summed E-state index contributed by atoms with van der Waals surface area (Å²) >= 11 is 0. The average molecular weight is 146 g/mol. The van der Waals surface area contributed by atoms with Crippen LogP contribution in [0, 0.1) is 23.2 Å². The Labute approximate surface area is 64.4 Å². The molecule has 0 aromatic heterocycles. The van der Waals surface area contributed by atoms with Gasteiger partial charge in [0.2, 0.25) is 0 Å². The fourth-order valence-corrected chi connectivity index (χ4v) is 0.730. The molecule has 0 spiro atoms. The zero-order chi connectivity index (χ0) is 8.27. The Morgan fingerprint density at radius 1 is 1.45 bits per heavy atom. The van der Waals surface area contributed by atoms with Crippen molar-refractivity contribution in [2.45, 2.75) is 0 Å². The first-order chi connectivity index (χ1) is 5.27. The fraction of sp³-hybridized carbons (Fsp3) is 0. The third-order valence-electron chi connectivity index (χ3n) is 1.29. The molecule has 1 rings (SSSR count). The first-order valence-electron chi connectivity index (χ1n) is 3.00. The Morgan fingerprint density at radius 3 is 2.73 bits per heavy atom. The molecule has 1 aromatic rings. The van der Waals surface area contributed by atoms with Crippen LogP contribution in [0.25, 0.3) is 0 Å². The molecule has 0 aliphatic carbocycles. The van der Waals surface area contributed by atoms with Gasteiger partial charge in [-0.25, -0.2) is 4.39 Å². The zero-order valence-corrected chi connectivity index (χ0v) is 5.76. The molecule has 53 valence electrons. The molecule has 0 N–H and O–H groups in total. The molecule has 0 fully saturated rings. The molecule has 11 heavy (non-hydrogen) atoms. The summed E-state index contributed by atoms with van der Waals surface area (Å²) in [6.07, 6.45) is 2.39. The summed E-state index contributed by atoms with van der Waals surface area (Å²) in [5.41, 5.74) is 0.654. The second-order valence-electron chi connectivity index (χ2n) is 1.98. The van der Waals surface area contributed by atoms with E-state index in [4.69, 9.17) is 5.26 Å². The van der Waals surface area contributed by atoms with E-state index in [9.17, 15) is 4.39 Å². The van der Waals surface area contributed by atoms with Gasteiger partial charge in [0.1, 0.15) is 5.82 Å². The fourth-order valence-electron chi connectivity index (χ4n) is 0.730. The number of hydrogen-bond acceptors (Lipinski definition) is 1. The summed E-state index contributed by atoms with van der Waals surface area (Å²) in [6, 6.07) is 5.94. The van der Waals surface area contributed by atoms with Gasteiger partial charge in [0.25, 0.3) is 0 Å². The predicted molar refractivity (Wildman–Crippen MR) is 39.1 cm³/mol. The van der Waals surface area contributed by atoms with Gasteiger partial charge in [0.05, 0.1) is 11.6 Å². The summed E-state index contributed by atoms with van der Waals surface area (Å²) in [4.78, 5) is 0. The van der Waals surface area contributed by atoms with Crippen LogP contribution in [0.5, 0.6) is 0 Å². The minimum atomic E-state index is -0.404. The van der Waals surface area contributed by atoms with Gasteiger partial charge in [0, 0.05) is 5.56 Å². The second-order valence-corrected chi connectivity index (χ2v) is 1.98. The Balaban J connectivity index is 3.25. The maximum absolute atomic E-state index is 12.7. The van der Waals surface area contributed by atoms with E-state index in [1.807, 2.05) is 6.07 Å². The van der Waals surface area contributed by atoms with Crippen LogP contribution < -0.4 is 0 Å². The van der Waals surface area contributed by atoms with Crippen LogP contribution in [0.2, 0.25) is 0 Å². The van der Waals surface area contributed by atoms with Crippen molar-refractivity contribution in [2.75, 3.05) is 0 Å². The second kappa shape index (κ2) is 2.98. The average Bonchev–Trinajstić information content (AvgIpc) is 2.05. The minimum absolute atomic E-state index is 0.240. The summed E-state index contributed by atoms with van der Waals surface area (Å²) in [5.74, 6) is -0.404. The van der Waals surface area contributed by atoms with Gasteiger partial charge in [-0.05, 0) is 24.3 Å². The number of nitriles is 1. The predicted octanol–water partition coefficient (Wildman–Crippen LogP) is 2.03. The lowest BCUT2D eigenvalue weighted by Gasteiger charge is -1.94. The van der Waals surface area contributed by atoms with E-state index in [2.05, 4.69) is 12.7 Å². The number of benzene rings is 1. The number of rotatable bonds is 1. The summed E-state index contributed by atoms with van der Waals surface area (Å²) in [6.45, 7) is 3.29. The highest BCUT2D eigenvalue weighted by Crippen LogP contribution is 2.08. The summed E-state index contributed by atoms with van der Waals surface area (Å²) in [7, 11) is 0. The molecule has 0 saturated heterocycles. The van der Waals surface area contributed by atoms with Gasteiger partial charge in [-0.15, -0.1) is 0 Å². The highest BCUT2D eigenvalue weighted by molar-refractivity contribution is 5.35. The van der Waals surface area contributed by atoms with E-state index >= 15 is 0 Å². The van der Waals surface area contributed by atoms with Crippen molar-refractivity contribution in [3.63, 3.8) is 0 Å². The van der Waals surface area contributed by atoms with Gasteiger partial charge in [0.15, 0.2) is 0 Å². The maximum atomic E-state index is 12.7. The molecule has 2 heteroatoms. The minimum Gasteiger partial charge on any atom is -0.206 e. The van der Waals surface area contributed by atoms with E-state index < -0.39 is 5.82 Å². The highest BCUT2D eigenvalue weighted by Gasteiger charge is 1.98. The lowest BCUT2D eigenvalue weighted by molar-refractivity contribution is 0.622. The van der Waals surface area contributed by atoms with Crippen LogP contribution in [-0.4, -0.2) is 0 Å². The topological polar surface area (TPSA) is 23.8 Å². The van der Waals surface area contributed by atoms with Crippen molar-refractivity contribution in [3.05, 3.63) is 47.8 Å². The Bertz CT molecular complexity index is 323. The van der Waals surface area contributed by atoms with E-state index in [1.54, 1.807) is 0 Å². The van der Waals surface area contributed by atoms with Gasteiger partial charge < -0.3 is 0 Å². The first kappa shape index (κ1) is 7.49. The number of hydrogen-bond donors (Lipinski definition) is 0. The Hall–Kier alpha value is -1.62. The van der Waals surface area contributed by atoms with Crippen LogP contribution >= 0.6 is 0 Å². The third kappa shape index (κ3) is 1.44. The van der Waals surface area contributed by atoms with E-state index in [1.165, 1.54) is 18.2 Å². The van der Waals surface area contributed by atoms with Gasteiger partial charge in [-0.1, -0.05) is 6.58 Å². The van der Waals surface area contributed by atoms with Crippen molar-refractivity contribution in [2.24, 2.45) is 0 Å². The molecule has 0 saturated carbocycles. The highest BCUT2D eigenvalue weighted by atomic mass is 19.1. The molecule has 0 aliphatic rings. The van der Waals surface area contributed by atoms with Crippen LogP contribution in [-0.2, 0) is 0 Å². The standard InChI is InChI=1S/C9H5FN/c1-2-8-5-7(6-11)3-4-9(8)10/h3-5H,1H2. The van der Waals surface area contributed by atoms with E-state index in [0.717, 1.165) is 0 Å². The lowest BCUT2D eigenvalue weighted by Crippen LogP contribution is -1.83. The normalized spacial score (nSPS) is 8.73. The lowest BCUT2D eigenvalue weighted by atomic mass is 10.1. The maximum Gasteiger partial charge on any atom is 0.131 e. The summed E-state index contributed by atoms with van der Waals surface area (Å²) < 4.78 is 12.7. The molecule has 1 aromatic carbocycles.